The molecule has 0 fully saturated rings. The maximum absolute atomic E-state index is 14.5. The lowest BCUT2D eigenvalue weighted by molar-refractivity contribution is -0.133. The van der Waals surface area contributed by atoms with Gasteiger partial charge in [0.15, 0.2) is 0 Å². The summed E-state index contributed by atoms with van der Waals surface area (Å²) in [4.78, 5) is 29.5. The highest BCUT2D eigenvalue weighted by atomic mass is 32.1. The Morgan fingerprint density at radius 3 is 2.64 bits per heavy atom. The molecule has 0 saturated carbocycles. The molecule has 1 atom stereocenters. The number of hydrogen-bond donors (Lipinski definition) is 1. The van der Waals surface area contributed by atoms with E-state index < -0.39 is 11.4 Å². The molecule has 0 spiro atoms. The van der Waals surface area contributed by atoms with Crippen molar-refractivity contribution < 1.29 is 18.4 Å². The molecule has 0 saturated heterocycles. The van der Waals surface area contributed by atoms with Gasteiger partial charge in [0.05, 0.1) is 13.1 Å². The van der Waals surface area contributed by atoms with E-state index in [1.807, 2.05) is 22.1 Å². The van der Waals surface area contributed by atoms with Gasteiger partial charge in [0.1, 0.15) is 27.7 Å². The molecule has 2 amide bonds. The zero-order valence-corrected chi connectivity index (χ0v) is 18.7. The Morgan fingerprint density at radius 1 is 1.12 bits per heavy atom. The lowest BCUT2D eigenvalue weighted by atomic mass is 9.93. The van der Waals surface area contributed by atoms with Crippen molar-refractivity contribution in [3.05, 3.63) is 94.5 Å². The van der Waals surface area contributed by atoms with E-state index in [9.17, 15) is 18.4 Å². The summed E-state index contributed by atoms with van der Waals surface area (Å²) in [6, 6.07) is 15.9. The van der Waals surface area contributed by atoms with Crippen LogP contribution in [0.25, 0.3) is 10.2 Å². The fourth-order valence-electron chi connectivity index (χ4n) is 4.28. The molecule has 1 N–H and O–H groups in total. The minimum Gasteiger partial charge on any atom is -0.350 e. The summed E-state index contributed by atoms with van der Waals surface area (Å²) < 4.78 is 29.6. The van der Waals surface area contributed by atoms with E-state index in [1.165, 1.54) is 34.4 Å². The standard InChI is InChI=1S/C25H21F2N3O2S/c1-25(24(32)28-13-16-6-8-19(26)9-7-16)15-29-21(12-17-10-11-33-23(17)29)22(31)30(25)14-18-4-2-3-5-20(18)27/h2-12H,13-15H2,1H3,(H,28,32). The van der Waals surface area contributed by atoms with Crippen molar-refractivity contribution in [2.24, 2.45) is 0 Å². The number of fused-ring (bicyclic) bond motifs is 3. The van der Waals surface area contributed by atoms with Crippen LogP contribution in [-0.4, -0.2) is 26.8 Å². The number of thiophene rings is 1. The second kappa shape index (κ2) is 8.12. The number of nitrogens with one attached hydrogen (secondary N) is 1. The van der Waals surface area contributed by atoms with Gasteiger partial charge in [0.25, 0.3) is 5.91 Å². The Morgan fingerprint density at radius 2 is 1.88 bits per heavy atom. The zero-order chi connectivity index (χ0) is 23.2. The number of carbonyl (C=O) groups excluding carboxylic acids is 2. The number of benzene rings is 2. The molecule has 0 aliphatic carbocycles. The van der Waals surface area contributed by atoms with E-state index in [2.05, 4.69) is 5.32 Å². The van der Waals surface area contributed by atoms with Gasteiger partial charge in [-0.05, 0) is 48.2 Å². The predicted molar refractivity (Wildman–Crippen MR) is 123 cm³/mol. The largest absolute Gasteiger partial charge is 0.350 e. The third kappa shape index (κ3) is 3.70. The van der Waals surface area contributed by atoms with E-state index >= 15 is 0 Å². The van der Waals surface area contributed by atoms with Gasteiger partial charge in [0.2, 0.25) is 5.91 Å². The van der Waals surface area contributed by atoms with Crippen molar-refractivity contribution in [3.63, 3.8) is 0 Å². The molecule has 2 aromatic heterocycles. The first-order valence-corrected chi connectivity index (χ1v) is 11.4. The summed E-state index contributed by atoms with van der Waals surface area (Å²) in [6.45, 7) is 2.09. The number of hydrogen-bond acceptors (Lipinski definition) is 3. The zero-order valence-electron chi connectivity index (χ0n) is 17.8. The second-order valence-corrected chi connectivity index (χ2v) is 9.26. The molecule has 2 aromatic carbocycles. The van der Waals surface area contributed by atoms with Gasteiger partial charge < -0.3 is 14.8 Å². The van der Waals surface area contributed by atoms with Crippen LogP contribution >= 0.6 is 11.3 Å². The Bertz CT molecular complexity index is 1360. The third-order valence-corrected chi connectivity index (χ3v) is 7.12. The molecule has 4 aromatic rings. The topological polar surface area (TPSA) is 54.3 Å². The monoisotopic (exact) mass is 465 g/mol. The first-order valence-electron chi connectivity index (χ1n) is 10.5. The smallest absolute Gasteiger partial charge is 0.271 e. The average molecular weight is 466 g/mol. The normalized spacial score (nSPS) is 17.9. The highest BCUT2D eigenvalue weighted by Crippen LogP contribution is 2.35. The summed E-state index contributed by atoms with van der Waals surface area (Å²) >= 11 is 1.51. The molecular weight excluding hydrogens is 444 g/mol. The Kier molecular flexibility index (Phi) is 5.25. The SMILES string of the molecule is CC1(C(=O)NCc2ccc(F)cc2)Cn2c(cc3ccsc32)C(=O)N1Cc1ccccc1F. The van der Waals surface area contributed by atoms with E-state index in [0.29, 0.717) is 11.3 Å². The maximum Gasteiger partial charge on any atom is 0.271 e. The van der Waals surface area contributed by atoms with E-state index in [-0.39, 0.29) is 37.3 Å². The lowest BCUT2D eigenvalue weighted by Crippen LogP contribution is -2.63. The van der Waals surface area contributed by atoms with Gasteiger partial charge in [-0.1, -0.05) is 30.3 Å². The second-order valence-electron chi connectivity index (χ2n) is 8.36. The third-order valence-electron chi connectivity index (χ3n) is 6.17. The number of halogens is 2. The van der Waals surface area contributed by atoms with Gasteiger partial charge in [-0.2, -0.15) is 0 Å². The molecular formula is C25H21F2N3O2S. The van der Waals surface area contributed by atoms with Crippen LogP contribution in [0.5, 0.6) is 0 Å². The molecule has 168 valence electrons. The molecule has 1 unspecified atom stereocenters. The maximum atomic E-state index is 14.5. The van der Waals surface area contributed by atoms with Crippen molar-refractivity contribution in [1.29, 1.82) is 0 Å². The lowest BCUT2D eigenvalue weighted by Gasteiger charge is -2.44. The molecule has 33 heavy (non-hydrogen) atoms. The van der Waals surface area contributed by atoms with Crippen LogP contribution in [0.1, 0.15) is 28.5 Å². The Labute approximate surface area is 193 Å². The van der Waals surface area contributed by atoms with Crippen molar-refractivity contribution in [2.45, 2.75) is 32.1 Å². The van der Waals surface area contributed by atoms with Crippen molar-refractivity contribution in [3.8, 4) is 0 Å². The van der Waals surface area contributed by atoms with Gasteiger partial charge in [-0.25, -0.2) is 8.78 Å². The summed E-state index contributed by atoms with van der Waals surface area (Å²) in [5.74, 6) is -1.47. The van der Waals surface area contributed by atoms with Crippen molar-refractivity contribution >= 4 is 33.4 Å². The number of carbonyl (C=O) groups is 2. The summed E-state index contributed by atoms with van der Waals surface area (Å²) in [7, 11) is 0. The number of amides is 2. The first kappa shape index (κ1) is 21.3. The molecule has 8 heteroatoms. The van der Waals surface area contributed by atoms with Gasteiger partial charge in [-0.15, -0.1) is 11.3 Å². The van der Waals surface area contributed by atoms with Crippen LogP contribution in [0.15, 0.2) is 66.0 Å². The Hall–Kier alpha value is -3.52. The van der Waals surface area contributed by atoms with Crippen LogP contribution in [-0.2, 0) is 24.4 Å². The molecule has 1 aliphatic heterocycles. The summed E-state index contributed by atoms with van der Waals surface area (Å²) in [5, 5.41) is 5.77. The van der Waals surface area contributed by atoms with Crippen LogP contribution in [0.3, 0.4) is 0 Å². The first-order chi connectivity index (χ1) is 15.9. The van der Waals surface area contributed by atoms with Crippen LogP contribution in [0, 0.1) is 11.6 Å². The van der Waals surface area contributed by atoms with E-state index in [1.54, 1.807) is 37.3 Å². The van der Waals surface area contributed by atoms with E-state index in [4.69, 9.17) is 0 Å². The number of nitrogens with zero attached hydrogens (tertiary/aromatic N) is 2. The van der Waals surface area contributed by atoms with Crippen LogP contribution < -0.4 is 5.32 Å². The van der Waals surface area contributed by atoms with Gasteiger partial charge in [0, 0.05) is 17.5 Å². The fourth-order valence-corrected chi connectivity index (χ4v) is 5.17. The van der Waals surface area contributed by atoms with Crippen molar-refractivity contribution in [1.82, 2.24) is 14.8 Å². The minimum absolute atomic E-state index is 0.0369. The molecule has 5 rings (SSSR count). The highest BCUT2D eigenvalue weighted by Gasteiger charge is 2.48. The fraction of sp³-hybridized carbons (Fsp3) is 0.200. The predicted octanol–water partition coefficient (Wildman–Crippen LogP) is 4.71. The van der Waals surface area contributed by atoms with Crippen LogP contribution in [0.4, 0.5) is 8.78 Å². The molecule has 3 heterocycles. The van der Waals surface area contributed by atoms with Gasteiger partial charge >= 0.3 is 0 Å². The average Bonchev–Trinajstić information content (AvgIpc) is 3.40. The van der Waals surface area contributed by atoms with Crippen LogP contribution in [0.2, 0.25) is 0 Å². The molecule has 1 aliphatic rings. The Balaban J connectivity index is 1.51. The molecule has 0 bridgehead atoms. The molecule has 5 nitrogen and oxygen atoms in total. The number of rotatable bonds is 5. The minimum atomic E-state index is -1.26. The van der Waals surface area contributed by atoms with Crippen molar-refractivity contribution in [2.75, 3.05) is 0 Å². The highest BCUT2D eigenvalue weighted by molar-refractivity contribution is 7.16. The number of aromatic nitrogens is 1. The summed E-state index contributed by atoms with van der Waals surface area (Å²) in [5.41, 5.74) is 0.295. The quantitative estimate of drug-likeness (QED) is 0.464. The van der Waals surface area contributed by atoms with Gasteiger partial charge in [-0.3, -0.25) is 9.59 Å². The summed E-state index contributed by atoms with van der Waals surface area (Å²) in [6.07, 6.45) is 0. The van der Waals surface area contributed by atoms with E-state index in [0.717, 1.165) is 15.8 Å². The molecule has 0 radical (unpaired) electrons.